The van der Waals surface area contributed by atoms with Crippen LogP contribution < -0.4 is 15.6 Å². The highest BCUT2D eigenvalue weighted by atomic mass is 35.5. The van der Waals surface area contributed by atoms with Crippen LogP contribution in [0.2, 0.25) is 15.1 Å². The number of hydrogen-bond acceptors (Lipinski definition) is 4. The number of hydrazine groups is 1. The zero-order valence-electron chi connectivity index (χ0n) is 17.9. The summed E-state index contributed by atoms with van der Waals surface area (Å²) in [4.78, 5) is 40.4. The molecular weight excluding hydrogens is 531 g/mol. The van der Waals surface area contributed by atoms with Crippen molar-refractivity contribution in [3.63, 3.8) is 0 Å². The van der Waals surface area contributed by atoms with Crippen molar-refractivity contribution in [2.75, 3.05) is 10.2 Å². The lowest BCUT2D eigenvalue weighted by Gasteiger charge is -2.24. The highest BCUT2D eigenvalue weighted by Gasteiger charge is 2.45. The first-order valence-electron chi connectivity index (χ1n) is 10.3. The molecule has 0 aliphatic carbocycles. The van der Waals surface area contributed by atoms with E-state index >= 15 is 0 Å². The van der Waals surface area contributed by atoms with E-state index in [9.17, 15) is 14.4 Å². The van der Waals surface area contributed by atoms with Crippen molar-refractivity contribution in [2.45, 2.75) is 12.5 Å². The molecule has 1 aliphatic rings. The minimum Gasteiger partial charge on any atom is -0.326 e. The summed E-state index contributed by atoms with van der Waals surface area (Å²) >= 11 is 23.5. The third-order valence-corrected chi connectivity index (χ3v) is 6.15. The lowest BCUT2D eigenvalue weighted by molar-refractivity contribution is -0.124. The molecule has 1 atom stereocenters. The Labute approximate surface area is 221 Å². The van der Waals surface area contributed by atoms with Gasteiger partial charge in [-0.2, -0.15) is 0 Å². The third kappa shape index (κ3) is 5.74. The Bertz CT molecular complexity index is 1280. The van der Waals surface area contributed by atoms with Crippen LogP contribution in [0, 0.1) is 0 Å². The van der Waals surface area contributed by atoms with Crippen molar-refractivity contribution in [1.29, 1.82) is 0 Å². The standard InChI is InChI=1S/C24H17Cl3N4O3S/c25-15-6-8-19(9-7-15)30-23(34)20(13-21(32)28-18-11-16(26)10-17(27)12-18)31(24(30)35)29-22(33)14-4-2-1-3-5-14/h1-12,20H,13H2,(H,28,32)(H,29,33)/t20-/m0/s1. The van der Waals surface area contributed by atoms with E-state index in [-0.39, 0.29) is 11.5 Å². The lowest BCUT2D eigenvalue weighted by Crippen LogP contribution is -2.49. The topological polar surface area (TPSA) is 81.8 Å². The maximum Gasteiger partial charge on any atom is 0.269 e. The molecule has 178 valence electrons. The minimum atomic E-state index is -1.10. The molecule has 3 amide bonds. The number of nitrogens with zero attached hydrogens (tertiary/aromatic N) is 2. The van der Waals surface area contributed by atoms with E-state index in [1.54, 1.807) is 54.6 Å². The Morgan fingerprint density at radius 2 is 1.51 bits per heavy atom. The fraction of sp³-hybridized carbons (Fsp3) is 0.0833. The number of halogens is 3. The molecule has 0 bridgehead atoms. The van der Waals surface area contributed by atoms with Gasteiger partial charge in [0, 0.05) is 26.3 Å². The zero-order valence-corrected chi connectivity index (χ0v) is 21.0. The number of rotatable bonds is 6. The van der Waals surface area contributed by atoms with Gasteiger partial charge in [0.2, 0.25) is 11.0 Å². The van der Waals surface area contributed by atoms with Crippen molar-refractivity contribution in [3.8, 4) is 0 Å². The van der Waals surface area contributed by atoms with Gasteiger partial charge in [-0.05, 0) is 66.8 Å². The molecule has 0 saturated carbocycles. The van der Waals surface area contributed by atoms with Gasteiger partial charge in [-0.1, -0.05) is 53.0 Å². The molecule has 3 aromatic rings. The number of anilines is 2. The molecule has 4 rings (SSSR count). The van der Waals surface area contributed by atoms with Crippen LogP contribution in [0.4, 0.5) is 11.4 Å². The largest absolute Gasteiger partial charge is 0.326 e. The second-order valence-electron chi connectivity index (χ2n) is 7.54. The Morgan fingerprint density at radius 1 is 0.886 bits per heavy atom. The molecule has 35 heavy (non-hydrogen) atoms. The van der Waals surface area contributed by atoms with Gasteiger partial charge >= 0.3 is 0 Å². The second kappa shape index (κ2) is 10.6. The first kappa shape index (κ1) is 24.9. The molecule has 1 saturated heterocycles. The average Bonchev–Trinajstić information content (AvgIpc) is 3.03. The quantitative estimate of drug-likeness (QED) is 0.408. The van der Waals surface area contributed by atoms with Crippen molar-refractivity contribution < 1.29 is 14.4 Å². The molecule has 0 aromatic heterocycles. The van der Waals surface area contributed by atoms with Crippen molar-refractivity contribution in [3.05, 3.63) is 93.4 Å². The van der Waals surface area contributed by atoms with Gasteiger partial charge in [-0.15, -0.1) is 0 Å². The van der Waals surface area contributed by atoms with E-state index in [4.69, 9.17) is 47.0 Å². The average molecular weight is 548 g/mol. The number of hydrogen-bond donors (Lipinski definition) is 2. The molecule has 7 nitrogen and oxygen atoms in total. The van der Waals surface area contributed by atoms with Crippen LogP contribution in [0.15, 0.2) is 72.8 Å². The molecule has 1 heterocycles. The number of carbonyl (C=O) groups excluding carboxylic acids is 3. The first-order valence-corrected chi connectivity index (χ1v) is 11.8. The SMILES string of the molecule is O=C(C[C@H]1C(=O)N(c2ccc(Cl)cc2)C(=S)N1NC(=O)c1ccccc1)Nc1cc(Cl)cc(Cl)c1. The Morgan fingerprint density at radius 3 is 2.14 bits per heavy atom. The van der Waals surface area contributed by atoms with Crippen LogP contribution >= 0.6 is 47.0 Å². The van der Waals surface area contributed by atoms with Gasteiger partial charge in [-0.25, -0.2) is 5.01 Å². The molecule has 1 fully saturated rings. The van der Waals surface area contributed by atoms with Crippen LogP contribution in [0.25, 0.3) is 0 Å². The summed E-state index contributed by atoms with van der Waals surface area (Å²) < 4.78 is 0. The van der Waals surface area contributed by atoms with E-state index in [1.165, 1.54) is 28.1 Å². The summed E-state index contributed by atoms with van der Waals surface area (Å²) in [6.07, 6.45) is -0.303. The summed E-state index contributed by atoms with van der Waals surface area (Å²) in [5.74, 6) is -1.46. The van der Waals surface area contributed by atoms with Gasteiger partial charge in [-0.3, -0.25) is 24.7 Å². The fourth-order valence-corrected chi connectivity index (χ4v) is 4.52. The highest BCUT2D eigenvalue weighted by molar-refractivity contribution is 7.80. The van der Waals surface area contributed by atoms with E-state index in [2.05, 4.69) is 10.7 Å². The van der Waals surface area contributed by atoms with E-state index in [0.717, 1.165) is 0 Å². The summed E-state index contributed by atoms with van der Waals surface area (Å²) in [6.45, 7) is 0. The zero-order chi connectivity index (χ0) is 25.1. The number of benzene rings is 3. The summed E-state index contributed by atoms with van der Waals surface area (Å²) in [5.41, 5.74) is 3.85. The Balaban J connectivity index is 1.60. The van der Waals surface area contributed by atoms with Crippen LogP contribution in [-0.2, 0) is 9.59 Å². The van der Waals surface area contributed by atoms with Gasteiger partial charge in [0.1, 0.15) is 6.04 Å². The van der Waals surface area contributed by atoms with Gasteiger partial charge in [0.05, 0.1) is 12.1 Å². The second-order valence-corrected chi connectivity index (χ2v) is 9.21. The van der Waals surface area contributed by atoms with Crippen molar-refractivity contribution >= 4 is 81.2 Å². The highest BCUT2D eigenvalue weighted by Crippen LogP contribution is 2.28. The number of thiocarbonyl (C=S) groups is 1. The van der Waals surface area contributed by atoms with Crippen LogP contribution in [0.5, 0.6) is 0 Å². The van der Waals surface area contributed by atoms with Gasteiger partial charge < -0.3 is 5.32 Å². The number of nitrogens with one attached hydrogen (secondary N) is 2. The fourth-order valence-electron chi connectivity index (χ4n) is 3.50. The molecule has 11 heteroatoms. The van der Waals surface area contributed by atoms with Gasteiger partial charge in [0.15, 0.2) is 0 Å². The summed E-state index contributed by atoms with van der Waals surface area (Å²) in [5, 5.41) is 5.09. The smallest absolute Gasteiger partial charge is 0.269 e. The molecule has 0 radical (unpaired) electrons. The monoisotopic (exact) mass is 546 g/mol. The Kier molecular flexibility index (Phi) is 7.57. The van der Waals surface area contributed by atoms with Crippen LogP contribution in [0.1, 0.15) is 16.8 Å². The summed E-state index contributed by atoms with van der Waals surface area (Å²) in [7, 11) is 0. The molecule has 2 N–H and O–H groups in total. The predicted octanol–water partition coefficient (Wildman–Crippen LogP) is 5.32. The summed E-state index contributed by atoms with van der Waals surface area (Å²) in [6, 6.07) is 18.4. The Hall–Kier alpha value is -3.17. The predicted molar refractivity (Wildman–Crippen MR) is 141 cm³/mol. The molecular formula is C24H17Cl3N4O3S. The molecule has 3 aromatic carbocycles. The lowest BCUT2D eigenvalue weighted by atomic mass is 10.1. The van der Waals surface area contributed by atoms with Crippen molar-refractivity contribution in [1.82, 2.24) is 10.4 Å². The number of amides is 3. The normalized spacial score (nSPS) is 15.3. The van der Waals surface area contributed by atoms with E-state index in [1.807, 2.05) is 0 Å². The molecule has 0 spiro atoms. The maximum atomic E-state index is 13.4. The first-order chi connectivity index (χ1) is 16.7. The van der Waals surface area contributed by atoms with Gasteiger partial charge in [0.25, 0.3) is 11.8 Å². The van der Waals surface area contributed by atoms with E-state index < -0.39 is 23.8 Å². The third-order valence-electron chi connectivity index (χ3n) is 5.08. The molecule has 0 unspecified atom stereocenters. The van der Waals surface area contributed by atoms with Crippen molar-refractivity contribution in [2.24, 2.45) is 0 Å². The maximum absolute atomic E-state index is 13.4. The van der Waals surface area contributed by atoms with Crippen LogP contribution in [-0.4, -0.2) is 33.9 Å². The van der Waals surface area contributed by atoms with E-state index in [0.29, 0.717) is 32.0 Å². The molecule has 1 aliphatic heterocycles. The number of carbonyl (C=O) groups is 3. The van der Waals surface area contributed by atoms with Crippen LogP contribution in [0.3, 0.4) is 0 Å². The minimum absolute atomic E-state index is 0.0187.